The lowest BCUT2D eigenvalue weighted by Gasteiger charge is -2.00. The van der Waals surface area contributed by atoms with Crippen LogP contribution in [0.1, 0.15) is 34.8 Å². The van der Waals surface area contributed by atoms with E-state index in [2.05, 4.69) is 4.98 Å². The van der Waals surface area contributed by atoms with E-state index in [9.17, 15) is 4.79 Å². The molecule has 0 unspecified atom stereocenters. The Hall–Kier alpha value is -1.84. The molecule has 0 aromatic carbocycles. The van der Waals surface area contributed by atoms with Gasteiger partial charge >= 0.3 is 5.97 Å². The number of hydrogen-bond donors (Lipinski definition) is 1. The Morgan fingerprint density at radius 3 is 3.00 bits per heavy atom. The van der Waals surface area contributed by atoms with E-state index in [1.54, 1.807) is 10.6 Å². The molecular weight excluding hydrogens is 192 g/mol. The number of carbonyl (C=O) groups is 1. The highest BCUT2D eigenvalue weighted by Gasteiger charge is 2.24. The van der Waals surface area contributed by atoms with Crippen LogP contribution in [0.5, 0.6) is 0 Å². The Morgan fingerprint density at radius 2 is 2.33 bits per heavy atom. The third-order valence-corrected chi connectivity index (χ3v) is 2.81. The van der Waals surface area contributed by atoms with Crippen molar-refractivity contribution >= 4 is 11.6 Å². The van der Waals surface area contributed by atoms with Gasteiger partial charge in [-0.05, 0) is 36.5 Å². The molecule has 0 atom stereocenters. The summed E-state index contributed by atoms with van der Waals surface area (Å²) >= 11 is 0. The van der Waals surface area contributed by atoms with Crippen LogP contribution in [0.2, 0.25) is 0 Å². The summed E-state index contributed by atoms with van der Waals surface area (Å²) in [6, 6.07) is 3.96. The van der Waals surface area contributed by atoms with Gasteiger partial charge in [0.05, 0.1) is 6.20 Å². The lowest BCUT2D eigenvalue weighted by atomic mass is 10.2. The summed E-state index contributed by atoms with van der Waals surface area (Å²) in [6.45, 7) is 0. The smallest absolute Gasteiger partial charge is 0.354 e. The van der Waals surface area contributed by atoms with Crippen molar-refractivity contribution in [2.75, 3.05) is 0 Å². The van der Waals surface area contributed by atoms with Gasteiger partial charge in [0, 0.05) is 6.20 Å². The zero-order valence-electron chi connectivity index (χ0n) is 8.05. The Labute approximate surface area is 86.2 Å². The molecule has 1 aliphatic carbocycles. The molecule has 1 N–H and O–H groups in total. The molecule has 0 radical (unpaired) electrons. The van der Waals surface area contributed by atoms with E-state index in [0.717, 1.165) is 5.65 Å². The molecule has 2 heterocycles. The molecule has 1 saturated carbocycles. The normalized spacial score (nSPS) is 15.7. The van der Waals surface area contributed by atoms with E-state index >= 15 is 0 Å². The topological polar surface area (TPSA) is 54.6 Å². The van der Waals surface area contributed by atoms with Crippen molar-refractivity contribution in [1.82, 2.24) is 9.38 Å². The van der Waals surface area contributed by atoms with Gasteiger partial charge < -0.3 is 5.11 Å². The molecule has 3 rings (SSSR count). The van der Waals surface area contributed by atoms with Crippen molar-refractivity contribution in [3.8, 4) is 0 Å². The van der Waals surface area contributed by atoms with E-state index < -0.39 is 5.97 Å². The molecule has 1 aliphatic rings. The van der Waals surface area contributed by atoms with Crippen LogP contribution in [0.25, 0.3) is 5.65 Å². The zero-order chi connectivity index (χ0) is 10.4. The van der Waals surface area contributed by atoms with Gasteiger partial charge in [-0.15, -0.1) is 0 Å². The van der Waals surface area contributed by atoms with Crippen molar-refractivity contribution < 1.29 is 9.90 Å². The second-order valence-corrected chi connectivity index (χ2v) is 3.91. The fourth-order valence-electron chi connectivity index (χ4n) is 1.83. The van der Waals surface area contributed by atoms with Crippen molar-refractivity contribution in [3.05, 3.63) is 35.8 Å². The molecular formula is C11H10N2O2. The van der Waals surface area contributed by atoms with Crippen LogP contribution >= 0.6 is 0 Å². The van der Waals surface area contributed by atoms with Crippen LogP contribution in [0, 0.1) is 0 Å². The second kappa shape index (κ2) is 2.82. The Balaban J connectivity index is 2.17. The standard InChI is InChI=1S/C11H10N2O2/c14-11(15)9-6-12-10-5-8(7-1-2-7)3-4-13(9)10/h3-7H,1-2H2,(H,14,15). The number of hydrogen-bond acceptors (Lipinski definition) is 2. The fourth-order valence-corrected chi connectivity index (χ4v) is 1.83. The summed E-state index contributed by atoms with van der Waals surface area (Å²) in [7, 11) is 0. The lowest BCUT2D eigenvalue weighted by Crippen LogP contribution is -2.01. The minimum absolute atomic E-state index is 0.215. The first-order valence-corrected chi connectivity index (χ1v) is 4.96. The molecule has 0 spiro atoms. The number of fused-ring (bicyclic) bond motifs is 1. The van der Waals surface area contributed by atoms with Gasteiger partial charge in [-0.25, -0.2) is 9.78 Å². The molecule has 1 fully saturated rings. The van der Waals surface area contributed by atoms with Crippen molar-refractivity contribution in [1.29, 1.82) is 0 Å². The highest BCUT2D eigenvalue weighted by atomic mass is 16.4. The molecule has 0 amide bonds. The lowest BCUT2D eigenvalue weighted by molar-refractivity contribution is 0.0689. The first-order chi connectivity index (χ1) is 7.25. The van der Waals surface area contributed by atoms with Gasteiger partial charge in [-0.3, -0.25) is 4.40 Å². The predicted molar refractivity (Wildman–Crippen MR) is 54.1 cm³/mol. The maximum Gasteiger partial charge on any atom is 0.354 e. The monoisotopic (exact) mass is 202 g/mol. The van der Waals surface area contributed by atoms with E-state index in [1.165, 1.54) is 24.6 Å². The van der Waals surface area contributed by atoms with E-state index in [-0.39, 0.29) is 5.69 Å². The number of carboxylic acids is 1. The van der Waals surface area contributed by atoms with E-state index in [0.29, 0.717) is 5.92 Å². The van der Waals surface area contributed by atoms with E-state index in [1.807, 2.05) is 12.1 Å². The van der Waals surface area contributed by atoms with Crippen LogP contribution in [0.15, 0.2) is 24.5 Å². The molecule has 2 aromatic heterocycles. The van der Waals surface area contributed by atoms with Gasteiger partial charge in [0.15, 0.2) is 5.69 Å². The number of nitrogens with zero attached hydrogens (tertiary/aromatic N) is 2. The maximum absolute atomic E-state index is 10.8. The van der Waals surface area contributed by atoms with Crippen LogP contribution < -0.4 is 0 Å². The summed E-state index contributed by atoms with van der Waals surface area (Å²) in [5.74, 6) is -0.276. The summed E-state index contributed by atoms with van der Waals surface area (Å²) in [5, 5.41) is 8.90. The van der Waals surface area contributed by atoms with Gasteiger partial charge in [-0.1, -0.05) is 0 Å². The molecule has 4 nitrogen and oxygen atoms in total. The molecule has 0 bridgehead atoms. The average molecular weight is 202 g/mol. The number of carboxylic acid groups (broad SMARTS) is 1. The van der Waals surface area contributed by atoms with Crippen LogP contribution in [-0.2, 0) is 0 Å². The number of rotatable bonds is 2. The summed E-state index contributed by atoms with van der Waals surface area (Å²) in [5.41, 5.74) is 2.20. The van der Waals surface area contributed by atoms with Crippen molar-refractivity contribution in [2.24, 2.45) is 0 Å². The number of aromatic nitrogens is 2. The third-order valence-electron chi connectivity index (χ3n) is 2.81. The third kappa shape index (κ3) is 1.29. The van der Waals surface area contributed by atoms with Crippen molar-refractivity contribution in [3.63, 3.8) is 0 Å². The second-order valence-electron chi connectivity index (χ2n) is 3.91. The fraction of sp³-hybridized carbons (Fsp3) is 0.273. The first-order valence-electron chi connectivity index (χ1n) is 4.96. The molecule has 15 heavy (non-hydrogen) atoms. The molecule has 0 saturated heterocycles. The van der Waals surface area contributed by atoms with Gasteiger partial charge in [0.1, 0.15) is 5.65 Å². The van der Waals surface area contributed by atoms with Gasteiger partial charge in [0.25, 0.3) is 0 Å². The molecule has 4 heteroatoms. The largest absolute Gasteiger partial charge is 0.477 e. The van der Waals surface area contributed by atoms with Gasteiger partial charge in [-0.2, -0.15) is 0 Å². The van der Waals surface area contributed by atoms with Crippen molar-refractivity contribution in [2.45, 2.75) is 18.8 Å². The SMILES string of the molecule is O=C(O)c1cnc2cc(C3CC3)ccn12. The van der Waals surface area contributed by atoms with Crippen LogP contribution in [-0.4, -0.2) is 20.5 Å². The maximum atomic E-state index is 10.8. The highest BCUT2D eigenvalue weighted by Crippen LogP contribution is 2.40. The Morgan fingerprint density at radius 1 is 1.53 bits per heavy atom. The van der Waals surface area contributed by atoms with E-state index in [4.69, 9.17) is 5.11 Å². The number of pyridine rings is 1. The summed E-state index contributed by atoms with van der Waals surface area (Å²) in [4.78, 5) is 14.9. The molecule has 2 aromatic rings. The molecule has 76 valence electrons. The molecule has 0 aliphatic heterocycles. The predicted octanol–water partition coefficient (Wildman–Crippen LogP) is 1.91. The number of aromatic carboxylic acids is 1. The minimum Gasteiger partial charge on any atom is -0.477 e. The van der Waals surface area contributed by atoms with Crippen LogP contribution in [0.4, 0.5) is 0 Å². The zero-order valence-corrected chi connectivity index (χ0v) is 8.05. The number of imidazole rings is 1. The average Bonchev–Trinajstić information content (AvgIpc) is 2.97. The van der Waals surface area contributed by atoms with Crippen LogP contribution in [0.3, 0.4) is 0 Å². The van der Waals surface area contributed by atoms with Gasteiger partial charge in [0.2, 0.25) is 0 Å². The minimum atomic E-state index is -0.943. The quantitative estimate of drug-likeness (QED) is 0.809. The summed E-state index contributed by atoms with van der Waals surface area (Å²) < 4.78 is 1.61. The highest BCUT2D eigenvalue weighted by molar-refractivity contribution is 5.86. The Bertz CT molecular complexity index is 541. The Kier molecular flexibility index (Phi) is 1.59. The first kappa shape index (κ1) is 8.47. The summed E-state index contributed by atoms with van der Waals surface area (Å²) in [6.07, 6.45) is 5.67.